The van der Waals surface area contributed by atoms with Crippen LogP contribution in [0.3, 0.4) is 0 Å². The number of fused-ring (bicyclic) bond motifs is 1. The molecule has 0 saturated carbocycles. The maximum absolute atomic E-state index is 8.96. The SMILES string of the molecule is C/C(=C\C[As]c1ncnc2nc(N(C)C)[nH]c12)CO. The third-order valence-electron chi connectivity index (χ3n) is 2.61. The summed E-state index contributed by atoms with van der Waals surface area (Å²) < 4.78 is 1.05. The summed E-state index contributed by atoms with van der Waals surface area (Å²) >= 11 is -0.0953. The predicted molar refractivity (Wildman–Crippen MR) is 77.0 cm³/mol. The zero-order chi connectivity index (χ0) is 13.8. The van der Waals surface area contributed by atoms with Gasteiger partial charge in [0.25, 0.3) is 0 Å². The Kier molecular flexibility index (Phi) is 4.55. The molecule has 0 fully saturated rings. The second kappa shape index (κ2) is 6.17. The van der Waals surface area contributed by atoms with Crippen LogP contribution >= 0.6 is 0 Å². The molecule has 2 aromatic heterocycles. The fraction of sp³-hybridized carbons (Fsp3) is 0.417. The number of imidazole rings is 1. The number of aliphatic hydroxyl groups is 1. The monoisotopic (exact) mass is 322 g/mol. The minimum absolute atomic E-state index is 0.0953. The molecule has 0 aliphatic carbocycles. The van der Waals surface area contributed by atoms with E-state index in [9.17, 15) is 0 Å². The summed E-state index contributed by atoms with van der Waals surface area (Å²) in [5, 5.41) is 9.90. The first-order chi connectivity index (χ1) is 9.11. The first kappa shape index (κ1) is 14.0. The van der Waals surface area contributed by atoms with Crippen LogP contribution in [0, 0.1) is 0 Å². The Morgan fingerprint density at radius 2 is 2.26 bits per heavy atom. The van der Waals surface area contributed by atoms with Crippen molar-refractivity contribution >= 4 is 37.3 Å². The van der Waals surface area contributed by atoms with Crippen LogP contribution in [0.4, 0.5) is 5.95 Å². The van der Waals surface area contributed by atoms with Gasteiger partial charge >= 0.3 is 118 Å². The second-order valence-electron chi connectivity index (χ2n) is 4.40. The van der Waals surface area contributed by atoms with E-state index in [-0.39, 0.29) is 22.4 Å². The Labute approximate surface area is 118 Å². The molecule has 0 aromatic carbocycles. The number of allylic oxidation sites excluding steroid dienone is 1. The molecule has 7 heteroatoms. The van der Waals surface area contributed by atoms with Crippen molar-refractivity contribution in [2.24, 2.45) is 0 Å². The van der Waals surface area contributed by atoms with Gasteiger partial charge in [0, 0.05) is 0 Å². The summed E-state index contributed by atoms with van der Waals surface area (Å²) in [4.78, 5) is 18.1. The number of anilines is 1. The van der Waals surface area contributed by atoms with E-state index >= 15 is 0 Å². The number of aromatic amines is 1. The third kappa shape index (κ3) is 3.33. The van der Waals surface area contributed by atoms with Crippen molar-refractivity contribution in [2.75, 3.05) is 25.6 Å². The summed E-state index contributed by atoms with van der Waals surface area (Å²) in [7, 11) is 3.87. The topological polar surface area (TPSA) is 77.9 Å². The van der Waals surface area contributed by atoms with Gasteiger partial charge in [-0.3, -0.25) is 0 Å². The second-order valence-corrected chi connectivity index (χ2v) is 6.72. The zero-order valence-corrected chi connectivity index (χ0v) is 13.1. The molecule has 0 bridgehead atoms. The van der Waals surface area contributed by atoms with Gasteiger partial charge in [-0.25, -0.2) is 0 Å². The fourth-order valence-electron chi connectivity index (χ4n) is 1.49. The molecule has 0 aliphatic rings. The Bertz CT molecular complexity index is 593. The molecular weight excluding hydrogens is 305 g/mol. The van der Waals surface area contributed by atoms with Crippen LogP contribution in [-0.4, -0.2) is 61.5 Å². The van der Waals surface area contributed by atoms with Crippen molar-refractivity contribution in [1.29, 1.82) is 0 Å². The summed E-state index contributed by atoms with van der Waals surface area (Å²) in [5.74, 6) is 0.792. The van der Waals surface area contributed by atoms with Crippen LogP contribution in [0.25, 0.3) is 11.2 Å². The van der Waals surface area contributed by atoms with Crippen LogP contribution in [0.2, 0.25) is 5.21 Å². The molecule has 101 valence electrons. The van der Waals surface area contributed by atoms with E-state index in [0.29, 0.717) is 5.65 Å². The van der Waals surface area contributed by atoms with Gasteiger partial charge in [0.2, 0.25) is 0 Å². The first-order valence-corrected chi connectivity index (χ1v) is 8.20. The molecule has 0 amide bonds. The van der Waals surface area contributed by atoms with Crippen molar-refractivity contribution in [2.45, 2.75) is 12.1 Å². The molecular formula is C12H17AsN5O. The number of hydrogen-bond acceptors (Lipinski definition) is 5. The Morgan fingerprint density at radius 3 is 2.95 bits per heavy atom. The zero-order valence-electron chi connectivity index (χ0n) is 11.3. The minimum atomic E-state index is -0.0953. The molecule has 0 atom stereocenters. The Balaban J connectivity index is 2.23. The van der Waals surface area contributed by atoms with Crippen molar-refractivity contribution in [3.05, 3.63) is 18.0 Å². The maximum atomic E-state index is 8.96. The quantitative estimate of drug-likeness (QED) is 0.603. The van der Waals surface area contributed by atoms with Crippen LogP contribution in [0.1, 0.15) is 6.92 Å². The van der Waals surface area contributed by atoms with E-state index in [1.54, 1.807) is 6.33 Å². The number of aromatic nitrogens is 4. The molecule has 2 N–H and O–H groups in total. The first-order valence-electron chi connectivity index (χ1n) is 5.94. The molecule has 0 saturated heterocycles. The standard InChI is InChI=1S/C12H17AsN5O/c1-8(6-19)4-5-13-10-9-11(15-7-14-10)17-12(16-9)18(2)3/h4,7,19H,5-6H2,1-3H3,(H,14,15,16,17)/b8-4+. The van der Waals surface area contributed by atoms with Gasteiger partial charge < -0.3 is 0 Å². The van der Waals surface area contributed by atoms with Crippen LogP contribution < -0.4 is 9.38 Å². The van der Waals surface area contributed by atoms with Crippen molar-refractivity contribution in [3.8, 4) is 0 Å². The van der Waals surface area contributed by atoms with Crippen LogP contribution in [0.5, 0.6) is 0 Å². The Hall–Kier alpha value is -1.39. The van der Waals surface area contributed by atoms with Gasteiger partial charge in [-0.1, -0.05) is 0 Å². The van der Waals surface area contributed by atoms with Gasteiger partial charge in [-0.2, -0.15) is 0 Å². The van der Waals surface area contributed by atoms with E-state index in [1.165, 1.54) is 0 Å². The number of H-pyrrole nitrogens is 1. The van der Waals surface area contributed by atoms with E-state index in [4.69, 9.17) is 5.11 Å². The average molecular weight is 322 g/mol. The molecule has 2 heterocycles. The summed E-state index contributed by atoms with van der Waals surface area (Å²) in [6.07, 6.45) is 3.63. The van der Waals surface area contributed by atoms with Crippen molar-refractivity contribution < 1.29 is 5.11 Å². The van der Waals surface area contributed by atoms with Crippen LogP contribution in [0.15, 0.2) is 18.0 Å². The van der Waals surface area contributed by atoms with E-state index < -0.39 is 0 Å². The summed E-state index contributed by atoms with van der Waals surface area (Å²) in [5.41, 5.74) is 2.65. The molecule has 2 aromatic rings. The molecule has 0 spiro atoms. The third-order valence-corrected chi connectivity index (χ3v) is 4.72. The average Bonchev–Trinajstić information content (AvgIpc) is 2.83. The summed E-state index contributed by atoms with van der Waals surface area (Å²) in [6, 6.07) is 0. The number of aliphatic hydroxyl groups excluding tert-OH is 1. The van der Waals surface area contributed by atoms with Crippen molar-refractivity contribution in [3.63, 3.8) is 0 Å². The molecule has 0 unspecified atom stereocenters. The predicted octanol–water partition coefficient (Wildman–Crippen LogP) is 0.105. The van der Waals surface area contributed by atoms with E-state index in [1.807, 2.05) is 25.9 Å². The number of nitrogens with one attached hydrogen (secondary N) is 1. The molecule has 6 nitrogen and oxygen atoms in total. The van der Waals surface area contributed by atoms with E-state index in [0.717, 1.165) is 26.7 Å². The molecule has 19 heavy (non-hydrogen) atoms. The molecule has 0 aliphatic heterocycles. The molecule has 1 radical (unpaired) electrons. The van der Waals surface area contributed by atoms with Gasteiger partial charge in [0.15, 0.2) is 0 Å². The Morgan fingerprint density at radius 1 is 1.47 bits per heavy atom. The fourth-order valence-corrected chi connectivity index (χ4v) is 3.63. The number of hydrogen-bond donors (Lipinski definition) is 2. The van der Waals surface area contributed by atoms with E-state index in [2.05, 4.69) is 26.0 Å². The summed E-state index contributed by atoms with van der Waals surface area (Å²) in [6.45, 7) is 2.05. The number of rotatable bonds is 5. The van der Waals surface area contributed by atoms with Crippen molar-refractivity contribution in [1.82, 2.24) is 19.9 Å². The normalized spacial score (nSPS) is 12.7. The van der Waals surface area contributed by atoms with Crippen LogP contribution in [-0.2, 0) is 0 Å². The van der Waals surface area contributed by atoms with Gasteiger partial charge in [0.05, 0.1) is 0 Å². The van der Waals surface area contributed by atoms with Gasteiger partial charge in [-0.05, 0) is 0 Å². The van der Waals surface area contributed by atoms with Gasteiger partial charge in [-0.15, -0.1) is 0 Å². The van der Waals surface area contributed by atoms with Gasteiger partial charge in [0.1, 0.15) is 0 Å². The molecule has 2 rings (SSSR count). The number of nitrogens with zero attached hydrogens (tertiary/aromatic N) is 4.